The van der Waals surface area contributed by atoms with E-state index in [4.69, 9.17) is 16.3 Å². The van der Waals surface area contributed by atoms with E-state index in [1.165, 1.54) is 0 Å². The van der Waals surface area contributed by atoms with E-state index in [1.54, 1.807) is 7.11 Å². The van der Waals surface area contributed by atoms with Crippen LogP contribution >= 0.6 is 11.6 Å². The molecule has 0 spiro atoms. The number of nitrogens with zero attached hydrogens (tertiary/aromatic N) is 1. The van der Waals surface area contributed by atoms with Crippen molar-refractivity contribution in [3.8, 4) is 5.75 Å². The third-order valence-corrected chi connectivity index (χ3v) is 5.32. The smallest absolute Gasteiger partial charge is 0.223 e. The second-order valence-electron chi connectivity index (χ2n) is 6.67. The Kier molecular flexibility index (Phi) is 6.53. The Bertz CT molecular complexity index is 742. The van der Waals surface area contributed by atoms with Gasteiger partial charge in [-0.15, -0.1) is 0 Å². The van der Waals surface area contributed by atoms with Crippen LogP contribution in [0.4, 0.5) is 0 Å². The summed E-state index contributed by atoms with van der Waals surface area (Å²) in [5.74, 6) is 1.02. The van der Waals surface area contributed by atoms with Gasteiger partial charge in [-0.2, -0.15) is 0 Å². The lowest BCUT2D eigenvalue weighted by Gasteiger charge is -2.31. The number of methoxy groups -OCH3 is 1. The minimum Gasteiger partial charge on any atom is -0.496 e. The van der Waals surface area contributed by atoms with E-state index in [2.05, 4.69) is 16.3 Å². The number of piperidine rings is 1. The van der Waals surface area contributed by atoms with E-state index in [0.29, 0.717) is 6.54 Å². The first-order valence-electron chi connectivity index (χ1n) is 9.02. The minimum atomic E-state index is 0.0761. The standard InChI is InChI=1S/C21H25ClN2O2/c1-26-20-9-5-3-6-17(20)14-23-21(25)16-10-12-24(13-11-16)15-18-7-2-4-8-19(18)22/h2-9,16H,10-15H2,1H3,(H,23,25). The third kappa shape index (κ3) is 4.77. The third-order valence-electron chi connectivity index (χ3n) is 4.96. The predicted octanol–water partition coefficient (Wildman–Crippen LogP) is 3.88. The Balaban J connectivity index is 1.47. The maximum absolute atomic E-state index is 12.5. The van der Waals surface area contributed by atoms with Crippen molar-refractivity contribution in [1.29, 1.82) is 0 Å². The van der Waals surface area contributed by atoms with Crippen molar-refractivity contribution in [2.75, 3.05) is 20.2 Å². The van der Waals surface area contributed by atoms with Crippen LogP contribution in [-0.4, -0.2) is 31.0 Å². The van der Waals surface area contributed by atoms with Crippen LogP contribution in [0, 0.1) is 5.92 Å². The van der Waals surface area contributed by atoms with Crippen LogP contribution in [0.25, 0.3) is 0 Å². The van der Waals surface area contributed by atoms with Crippen LogP contribution in [0.2, 0.25) is 5.02 Å². The Morgan fingerprint density at radius 2 is 1.77 bits per heavy atom. The van der Waals surface area contributed by atoms with Gasteiger partial charge >= 0.3 is 0 Å². The van der Waals surface area contributed by atoms with E-state index in [9.17, 15) is 4.79 Å². The van der Waals surface area contributed by atoms with Gasteiger partial charge < -0.3 is 10.1 Å². The van der Waals surface area contributed by atoms with Gasteiger partial charge in [-0.25, -0.2) is 0 Å². The van der Waals surface area contributed by atoms with Gasteiger partial charge in [0.05, 0.1) is 7.11 Å². The molecule has 5 heteroatoms. The van der Waals surface area contributed by atoms with Crippen molar-refractivity contribution in [2.45, 2.75) is 25.9 Å². The van der Waals surface area contributed by atoms with Crippen molar-refractivity contribution in [2.24, 2.45) is 5.92 Å². The molecule has 138 valence electrons. The molecule has 2 aromatic carbocycles. The summed E-state index contributed by atoms with van der Waals surface area (Å²) in [6.07, 6.45) is 1.75. The maximum Gasteiger partial charge on any atom is 0.223 e. The molecule has 0 atom stereocenters. The molecule has 1 N–H and O–H groups in total. The number of benzene rings is 2. The SMILES string of the molecule is COc1ccccc1CNC(=O)C1CCN(Cc2ccccc2Cl)CC1. The number of para-hydroxylation sites is 1. The van der Waals surface area contributed by atoms with E-state index >= 15 is 0 Å². The molecule has 1 amide bonds. The van der Waals surface area contributed by atoms with Gasteiger partial charge in [0.1, 0.15) is 5.75 Å². The van der Waals surface area contributed by atoms with Gasteiger partial charge in [-0.3, -0.25) is 9.69 Å². The molecule has 1 fully saturated rings. The van der Waals surface area contributed by atoms with Gasteiger partial charge in [0.15, 0.2) is 0 Å². The van der Waals surface area contributed by atoms with Gasteiger partial charge in [0.25, 0.3) is 0 Å². The summed E-state index contributed by atoms with van der Waals surface area (Å²) in [5.41, 5.74) is 2.15. The molecule has 0 bridgehead atoms. The van der Waals surface area contributed by atoms with Crippen LogP contribution in [0.1, 0.15) is 24.0 Å². The second-order valence-corrected chi connectivity index (χ2v) is 7.08. The molecule has 0 radical (unpaired) electrons. The highest BCUT2D eigenvalue weighted by atomic mass is 35.5. The van der Waals surface area contributed by atoms with Gasteiger partial charge in [0, 0.05) is 29.6 Å². The fourth-order valence-corrected chi connectivity index (χ4v) is 3.59. The molecular formula is C21H25ClN2O2. The summed E-state index contributed by atoms with van der Waals surface area (Å²) in [4.78, 5) is 14.9. The second kappa shape index (κ2) is 9.06. The summed E-state index contributed by atoms with van der Waals surface area (Å²) >= 11 is 6.25. The van der Waals surface area contributed by atoms with Crippen molar-refractivity contribution < 1.29 is 9.53 Å². The maximum atomic E-state index is 12.5. The molecule has 1 saturated heterocycles. The molecular weight excluding hydrogens is 348 g/mol. The van der Waals surface area contributed by atoms with E-state index < -0.39 is 0 Å². The normalized spacial score (nSPS) is 15.6. The van der Waals surface area contributed by atoms with Crippen LogP contribution < -0.4 is 10.1 Å². The molecule has 0 aromatic heterocycles. The van der Waals surface area contributed by atoms with Gasteiger partial charge in [0.2, 0.25) is 5.91 Å². The highest BCUT2D eigenvalue weighted by molar-refractivity contribution is 6.31. The Morgan fingerprint density at radius 1 is 1.12 bits per heavy atom. The lowest BCUT2D eigenvalue weighted by molar-refractivity contribution is -0.126. The number of carbonyl (C=O) groups is 1. The van der Waals surface area contributed by atoms with E-state index in [0.717, 1.165) is 54.4 Å². The van der Waals surface area contributed by atoms with Crippen LogP contribution in [-0.2, 0) is 17.9 Å². The number of carbonyl (C=O) groups excluding carboxylic acids is 1. The molecule has 0 aliphatic carbocycles. The van der Waals surface area contributed by atoms with E-state index in [-0.39, 0.29) is 11.8 Å². The number of ether oxygens (including phenoxy) is 1. The monoisotopic (exact) mass is 372 g/mol. The molecule has 1 heterocycles. The number of halogens is 1. The van der Waals surface area contributed by atoms with Crippen molar-refractivity contribution in [3.05, 3.63) is 64.7 Å². The lowest BCUT2D eigenvalue weighted by atomic mass is 9.95. The molecule has 1 aliphatic heterocycles. The fourth-order valence-electron chi connectivity index (χ4n) is 3.40. The highest BCUT2D eigenvalue weighted by Gasteiger charge is 2.25. The first-order chi connectivity index (χ1) is 12.7. The van der Waals surface area contributed by atoms with Gasteiger partial charge in [-0.1, -0.05) is 48.0 Å². The number of likely N-dealkylation sites (tertiary alicyclic amines) is 1. The summed E-state index contributed by atoms with van der Waals surface area (Å²) < 4.78 is 5.33. The van der Waals surface area contributed by atoms with E-state index in [1.807, 2.05) is 42.5 Å². The molecule has 26 heavy (non-hydrogen) atoms. The number of nitrogens with one attached hydrogen (secondary N) is 1. The average Bonchev–Trinajstić information content (AvgIpc) is 2.68. The zero-order chi connectivity index (χ0) is 18.4. The molecule has 2 aromatic rings. The van der Waals surface area contributed by atoms with Crippen LogP contribution in [0.3, 0.4) is 0 Å². The fraction of sp³-hybridized carbons (Fsp3) is 0.381. The zero-order valence-electron chi connectivity index (χ0n) is 15.1. The largest absolute Gasteiger partial charge is 0.496 e. The molecule has 0 saturated carbocycles. The molecule has 0 unspecified atom stereocenters. The Morgan fingerprint density at radius 3 is 2.46 bits per heavy atom. The molecule has 1 aliphatic rings. The van der Waals surface area contributed by atoms with Crippen LogP contribution in [0.15, 0.2) is 48.5 Å². The lowest BCUT2D eigenvalue weighted by Crippen LogP contribution is -2.40. The summed E-state index contributed by atoms with van der Waals surface area (Å²) in [6.45, 7) is 3.17. The Labute approximate surface area is 160 Å². The molecule has 4 nitrogen and oxygen atoms in total. The topological polar surface area (TPSA) is 41.6 Å². The van der Waals surface area contributed by atoms with Crippen molar-refractivity contribution in [1.82, 2.24) is 10.2 Å². The number of rotatable bonds is 6. The number of hydrogen-bond acceptors (Lipinski definition) is 3. The molecule has 3 rings (SSSR count). The van der Waals surface area contributed by atoms with Crippen molar-refractivity contribution >= 4 is 17.5 Å². The van der Waals surface area contributed by atoms with Crippen LogP contribution in [0.5, 0.6) is 5.75 Å². The minimum absolute atomic E-state index is 0.0761. The summed E-state index contributed by atoms with van der Waals surface area (Å²) in [7, 11) is 1.65. The highest BCUT2D eigenvalue weighted by Crippen LogP contribution is 2.23. The number of hydrogen-bond donors (Lipinski definition) is 1. The predicted molar refractivity (Wildman–Crippen MR) is 104 cm³/mol. The van der Waals surface area contributed by atoms with Gasteiger partial charge in [-0.05, 0) is 43.6 Å². The first kappa shape index (κ1) is 18.7. The quantitative estimate of drug-likeness (QED) is 0.836. The summed E-state index contributed by atoms with van der Waals surface area (Å²) in [6, 6.07) is 15.7. The average molecular weight is 373 g/mol. The first-order valence-corrected chi connectivity index (χ1v) is 9.40. The number of amides is 1. The summed E-state index contributed by atoms with van der Waals surface area (Å²) in [5, 5.41) is 3.87. The Hall–Kier alpha value is -2.04. The zero-order valence-corrected chi connectivity index (χ0v) is 15.8. The van der Waals surface area contributed by atoms with Crippen molar-refractivity contribution in [3.63, 3.8) is 0 Å².